The number of aromatic amines is 1. The van der Waals surface area contributed by atoms with Crippen LogP contribution in [0.2, 0.25) is 0 Å². The number of carbonyl (C=O) groups excluding carboxylic acids is 1. The second-order valence-electron chi connectivity index (χ2n) is 4.87. The average molecular weight is 272 g/mol. The van der Waals surface area contributed by atoms with Crippen molar-refractivity contribution in [3.63, 3.8) is 0 Å². The molecule has 0 saturated heterocycles. The molecule has 1 heterocycles. The lowest BCUT2D eigenvalue weighted by atomic mass is 10.1. The number of nitrogens with one attached hydrogen (secondary N) is 2. The Morgan fingerprint density at radius 3 is 2.65 bits per heavy atom. The molecule has 0 atom stereocenters. The molecule has 20 heavy (non-hydrogen) atoms. The molecule has 2 aromatic rings. The molecule has 0 radical (unpaired) electrons. The molecule has 0 aliphatic carbocycles. The largest absolute Gasteiger partial charge is 0.496 e. The van der Waals surface area contributed by atoms with Gasteiger partial charge in [0.05, 0.1) is 13.5 Å². The maximum atomic E-state index is 12.0. The molecule has 1 aromatic heterocycles. The number of hydrogen-bond acceptors (Lipinski definition) is 2. The fourth-order valence-electron chi connectivity index (χ4n) is 2.24. The van der Waals surface area contributed by atoms with Gasteiger partial charge in [0.1, 0.15) is 5.75 Å². The minimum absolute atomic E-state index is 0.0120. The van der Waals surface area contributed by atoms with E-state index in [2.05, 4.69) is 10.3 Å². The van der Waals surface area contributed by atoms with Crippen LogP contribution in [0.4, 0.5) is 0 Å². The molecule has 0 spiro atoms. The summed E-state index contributed by atoms with van der Waals surface area (Å²) < 4.78 is 5.26. The number of ether oxygens (including phenoxy) is 1. The molecule has 2 rings (SSSR count). The third-order valence-corrected chi connectivity index (χ3v) is 3.28. The molecule has 1 amide bonds. The van der Waals surface area contributed by atoms with Gasteiger partial charge in [-0.05, 0) is 31.5 Å². The quantitative estimate of drug-likeness (QED) is 0.878. The van der Waals surface area contributed by atoms with Gasteiger partial charge in [-0.2, -0.15) is 0 Å². The lowest BCUT2D eigenvalue weighted by Gasteiger charge is -2.09. The number of rotatable bonds is 5. The Balaban J connectivity index is 1.94. The summed E-state index contributed by atoms with van der Waals surface area (Å²) in [4.78, 5) is 15.2. The molecular weight excluding hydrogens is 252 g/mol. The summed E-state index contributed by atoms with van der Waals surface area (Å²) in [6.45, 7) is 4.45. The van der Waals surface area contributed by atoms with E-state index in [-0.39, 0.29) is 5.91 Å². The van der Waals surface area contributed by atoms with E-state index in [0.29, 0.717) is 13.0 Å². The minimum Gasteiger partial charge on any atom is -0.496 e. The summed E-state index contributed by atoms with van der Waals surface area (Å²) in [5.41, 5.74) is 4.15. The summed E-state index contributed by atoms with van der Waals surface area (Å²) >= 11 is 0. The van der Waals surface area contributed by atoms with Crippen molar-refractivity contribution in [2.45, 2.75) is 26.8 Å². The second-order valence-corrected chi connectivity index (χ2v) is 4.87. The van der Waals surface area contributed by atoms with Crippen LogP contribution >= 0.6 is 0 Å². The van der Waals surface area contributed by atoms with E-state index in [1.165, 1.54) is 0 Å². The summed E-state index contributed by atoms with van der Waals surface area (Å²) in [6.07, 6.45) is 0.394. The van der Waals surface area contributed by atoms with Gasteiger partial charge >= 0.3 is 0 Å². The Hall–Kier alpha value is -2.23. The standard InChI is InChI=1S/C16H20N2O2/c1-11-8-14(12(2)18-11)9-16(19)17-10-13-6-4-5-7-15(13)20-3/h4-8,18H,9-10H2,1-3H3,(H,17,19). The molecule has 0 fully saturated rings. The van der Waals surface area contributed by atoms with Crippen molar-refractivity contribution in [2.75, 3.05) is 7.11 Å². The molecule has 0 aliphatic rings. The van der Waals surface area contributed by atoms with E-state index in [0.717, 1.165) is 28.3 Å². The zero-order valence-corrected chi connectivity index (χ0v) is 12.1. The number of aryl methyl sites for hydroxylation is 2. The Kier molecular flexibility index (Phi) is 4.45. The van der Waals surface area contributed by atoms with Crippen LogP contribution in [0, 0.1) is 13.8 Å². The number of aromatic nitrogens is 1. The highest BCUT2D eigenvalue weighted by Crippen LogP contribution is 2.17. The number of carbonyl (C=O) groups is 1. The van der Waals surface area contributed by atoms with Crippen LogP contribution in [0.1, 0.15) is 22.5 Å². The number of amides is 1. The average Bonchev–Trinajstić information content (AvgIpc) is 2.75. The van der Waals surface area contributed by atoms with Crippen LogP contribution in [0.3, 0.4) is 0 Å². The van der Waals surface area contributed by atoms with E-state index < -0.39 is 0 Å². The molecule has 0 aliphatic heterocycles. The van der Waals surface area contributed by atoms with Crippen LogP contribution in [0.15, 0.2) is 30.3 Å². The van der Waals surface area contributed by atoms with Crippen LogP contribution in [0.5, 0.6) is 5.75 Å². The third-order valence-electron chi connectivity index (χ3n) is 3.28. The van der Waals surface area contributed by atoms with Gasteiger partial charge in [0, 0.05) is 23.5 Å². The summed E-state index contributed by atoms with van der Waals surface area (Å²) in [7, 11) is 1.63. The highest BCUT2D eigenvalue weighted by atomic mass is 16.5. The molecule has 2 N–H and O–H groups in total. The second kappa shape index (κ2) is 6.28. The van der Waals surface area contributed by atoms with Gasteiger partial charge in [-0.25, -0.2) is 0 Å². The van der Waals surface area contributed by atoms with Crippen LogP contribution < -0.4 is 10.1 Å². The van der Waals surface area contributed by atoms with Crippen molar-refractivity contribution in [1.29, 1.82) is 0 Å². The van der Waals surface area contributed by atoms with Gasteiger partial charge < -0.3 is 15.0 Å². The Morgan fingerprint density at radius 2 is 2.00 bits per heavy atom. The molecule has 0 unspecified atom stereocenters. The zero-order valence-electron chi connectivity index (χ0n) is 12.1. The zero-order chi connectivity index (χ0) is 14.5. The minimum atomic E-state index is 0.0120. The fourth-order valence-corrected chi connectivity index (χ4v) is 2.24. The van der Waals surface area contributed by atoms with E-state index >= 15 is 0 Å². The van der Waals surface area contributed by atoms with E-state index in [4.69, 9.17) is 4.74 Å². The van der Waals surface area contributed by atoms with Gasteiger partial charge in [0.2, 0.25) is 5.91 Å². The van der Waals surface area contributed by atoms with Crippen molar-refractivity contribution in [2.24, 2.45) is 0 Å². The van der Waals surface area contributed by atoms with Gasteiger partial charge in [-0.3, -0.25) is 4.79 Å². The van der Waals surface area contributed by atoms with Crippen molar-refractivity contribution < 1.29 is 9.53 Å². The first-order chi connectivity index (χ1) is 9.60. The first-order valence-electron chi connectivity index (χ1n) is 6.64. The predicted octanol–water partition coefficient (Wildman–Crippen LogP) is 2.50. The first kappa shape index (κ1) is 14.2. The number of hydrogen-bond donors (Lipinski definition) is 2. The van der Waals surface area contributed by atoms with Crippen LogP contribution in [-0.2, 0) is 17.8 Å². The topological polar surface area (TPSA) is 54.1 Å². The molecule has 106 valence electrons. The normalized spacial score (nSPS) is 10.3. The Morgan fingerprint density at radius 1 is 1.25 bits per heavy atom. The van der Waals surface area contributed by atoms with E-state index in [9.17, 15) is 4.79 Å². The van der Waals surface area contributed by atoms with E-state index in [1.807, 2.05) is 44.2 Å². The van der Waals surface area contributed by atoms with Gasteiger partial charge in [-0.15, -0.1) is 0 Å². The van der Waals surface area contributed by atoms with Gasteiger partial charge in [0.15, 0.2) is 0 Å². The monoisotopic (exact) mass is 272 g/mol. The van der Waals surface area contributed by atoms with Crippen LogP contribution in [0.25, 0.3) is 0 Å². The molecule has 1 aromatic carbocycles. The number of methoxy groups -OCH3 is 1. The van der Waals surface area contributed by atoms with Crippen molar-refractivity contribution in [3.05, 3.63) is 52.8 Å². The van der Waals surface area contributed by atoms with Crippen LogP contribution in [-0.4, -0.2) is 18.0 Å². The van der Waals surface area contributed by atoms with Gasteiger partial charge in [-0.1, -0.05) is 18.2 Å². The smallest absolute Gasteiger partial charge is 0.224 e. The molecular formula is C16H20N2O2. The molecule has 4 nitrogen and oxygen atoms in total. The molecule has 0 bridgehead atoms. The summed E-state index contributed by atoms with van der Waals surface area (Å²) in [5, 5.41) is 2.93. The number of benzene rings is 1. The first-order valence-corrected chi connectivity index (χ1v) is 6.64. The Bertz CT molecular complexity index is 602. The summed E-state index contributed by atoms with van der Waals surface area (Å²) in [6, 6.07) is 9.70. The lowest BCUT2D eigenvalue weighted by molar-refractivity contribution is -0.120. The van der Waals surface area contributed by atoms with Crippen molar-refractivity contribution in [1.82, 2.24) is 10.3 Å². The Labute approximate surface area is 119 Å². The van der Waals surface area contributed by atoms with E-state index in [1.54, 1.807) is 7.11 Å². The number of para-hydroxylation sites is 1. The maximum Gasteiger partial charge on any atom is 0.224 e. The highest BCUT2D eigenvalue weighted by Gasteiger charge is 2.09. The van der Waals surface area contributed by atoms with Crippen molar-refractivity contribution >= 4 is 5.91 Å². The molecule has 4 heteroatoms. The highest BCUT2D eigenvalue weighted by molar-refractivity contribution is 5.78. The predicted molar refractivity (Wildman–Crippen MR) is 78.8 cm³/mol. The molecule has 0 saturated carbocycles. The third kappa shape index (κ3) is 3.41. The maximum absolute atomic E-state index is 12.0. The number of H-pyrrole nitrogens is 1. The van der Waals surface area contributed by atoms with Gasteiger partial charge in [0.25, 0.3) is 0 Å². The lowest BCUT2D eigenvalue weighted by Crippen LogP contribution is -2.24. The fraction of sp³-hybridized carbons (Fsp3) is 0.312. The summed E-state index contributed by atoms with van der Waals surface area (Å²) in [5.74, 6) is 0.805. The SMILES string of the molecule is COc1ccccc1CNC(=O)Cc1cc(C)[nH]c1C. The van der Waals surface area contributed by atoms with Crippen molar-refractivity contribution in [3.8, 4) is 5.75 Å².